The molecule has 1 amide bonds. The molecule has 1 saturated carbocycles. The Morgan fingerprint density at radius 1 is 1.10 bits per heavy atom. The standard InChI is InChI=1S/C24H27FN4O/c25-21-8-6-19(7-9-21)23(18-3-1-2-4-18)28-24(30)20-11-13-29(14-12-20)22-10-5-17(15-26)16-27-22/h5-10,16,18,20,23H,1-4,11-14H2,(H,28,30)/t23-/m1/s1. The van der Waals surface area contributed by atoms with Gasteiger partial charge in [-0.3, -0.25) is 4.79 Å². The van der Waals surface area contributed by atoms with E-state index in [0.29, 0.717) is 11.5 Å². The average Bonchev–Trinajstić information content (AvgIpc) is 3.33. The van der Waals surface area contributed by atoms with Crippen molar-refractivity contribution < 1.29 is 9.18 Å². The largest absolute Gasteiger partial charge is 0.357 e. The van der Waals surface area contributed by atoms with E-state index in [9.17, 15) is 9.18 Å². The van der Waals surface area contributed by atoms with Gasteiger partial charge in [-0.05, 0) is 61.4 Å². The van der Waals surface area contributed by atoms with Gasteiger partial charge in [0.2, 0.25) is 5.91 Å². The summed E-state index contributed by atoms with van der Waals surface area (Å²) in [5.41, 5.74) is 1.54. The topological polar surface area (TPSA) is 69.0 Å². The Kier molecular flexibility index (Phi) is 6.27. The maximum absolute atomic E-state index is 13.4. The van der Waals surface area contributed by atoms with Crippen LogP contribution in [0.4, 0.5) is 10.2 Å². The van der Waals surface area contributed by atoms with Crippen LogP contribution >= 0.6 is 0 Å². The number of carbonyl (C=O) groups is 1. The highest BCUT2D eigenvalue weighted by molar-refractivity contribution is 5.79. The zero-order valence-electron chi connectivity index (χ0n) is 17.1. The molecular weight excluding hydrogens is 379 g/mol. The molecule has 1 saturated heterocycles. The smallest absolute Gasteiger partial charge is 0.223 e. The normalized spacial score (nSPS) is 18.7. The van der Waals surface area contributed by atoms with Gasteiger partial charge in [0.05, 0.1) is 11.6 Å². The SMILES string of the molecule is N#Cc1ccc(N2CCC(C(=O)N[C@@H](c3ccc(F)cc3)C3CCCC3)CC2)nc1. The number of nitrogens with one attached hydrogen (secondary N) is 1. The van der Waals surface area contributed by atoms with Crippen molar-refractivity contribution >= 4 is 11.7 Å². The minimum atomic E-state index is -0.251. The van der Waals surface area contributed by atoms with E-state index in [2.05, 4.69) is 21.3 Å². The summed E-state index contributed by atoms with van der Waals surface area (Å²) in [6.45, 7) is 1.53. The van der Waals surface area contributed by atoms with Crippen molar-refractivity contribution in [2.24, 2.45) is 11.8 Å². The number of nitrogens with zero attached hydrogens (tertiary/aromatic N) is 3. The first-order valence-corrected chi connectivity index (χ1v) is 10.8. The average molecular weight is 407 g/mol. The van der Waals surface area contributed by atoms with Crippen LogP contribution in [0.15, 0.2) is 42.6 Å². The summed E-state index contributed by atoms with van der Waals surface area (Å²) in [6, 6.07) is 12.2. The molecule has 6 heteroatoms. The number of halogens is 1. The Bertz CT molecular complexity index is 892. The van der Waals surface area contributed by atoms with Gasteiger partial charge in [-0.2, -0.15) is 5.26 Å². The fraction of sp³-hybridized carbons (Fsp3) is 0.458. The monoisotopic (exact) mass is 406 g/mol. The summed E-state index contributed by atoms with van der Waals surface area (Å²) < 4.78 is 13.4. The minimum Gasteiger partial charge on any atom is -0.357 e. The second-order valence-electron chi connectivity index (χ2n) is 8.36. The Morgan fingerprint density at radius 3 is 2.40 bits per heavy atom. The zero-order valence-corrected chi connectivity index (χ0v) is 17.1. The predicted octanol–water partition coefficient (Wildman–Crippen LogP) is 4.36. The number of anilines is 1. The molecule has 1 aliphatic carbocycles. The molecule has 1 atom stereocenters. The van der Waals surface area contributed by atoms with E-state index in [4.69, 9.17) is 5.26 Å². The second kappa shape index (κ2) is 9.25. The van der Waals surface area contributed by atoms with Crippen LogP contribution in [0.5, 0.6) is 0 Å². The summed E-state index contributed by atoms with van der Waals surface area (Å²) in [6.07, 6.45) is 7.71. The highest BCUT2D eigenvalue weighted by atomic mass is 19.1. The lowest BCUT2D eigenvalue weighted by molar-refractivity contribution is -0.126. The zero-order chi connectivity index (χ0) is 20.9. The van der Waals surface area contributed by atoms with Crippen LogP contribution in [0.1, 0.15) is 55.7 Å². The molecule has 0 unspecified atom stereocenters. The minimum absolute atomic E-state index is 0.0241. The molecule has 0 bridgehead atoms. The van der Waals surface area contributed by atoms with Crippen LogP contribution in [-0.2, 0) is 4.79 Å². The van der Waals surface area contributed by atoms with E-state index in [0.717, 1.165) is 50.2 Å². The molecule has 0 spiro atoms. The van der Waals surface area contributed by atoms with Crippen molar-refractivity contribution in [1.29, 1.82) is 5.26 Å². The van der Waals surface area contributed by atoms with Gasteiger partial charge in [0.15, 0.2) is 0 Å². The highest BCUT2D eigenvalue weighted by Crippen LogP contribution is 2.36. The number of benzene rings is 1. The third kappa shape index (κ3) is 4.62. The fourth-order valence-corrected chi connectivity index (χ4v) is 4.72. The Balaban J connectivity index is 1.38. The van der Waals surface area contributed by atoms with Crippen LogP contribution in [0.2, 0.25) is 0 Å². The number of aromatic nitrogens is 1. The van der Waals surface area contributed by atoms with Crippen molar-refractivity contribution in [2.45, 2.75) is 44.6 Å². The Morgan fingerprint density at radius 2 is 1.80 bits per heavy atom. The number of nitriles is 1. The van der Waals surface area contributed by atoms with Crippen LogP contribution < -0.4 is 10.2 Å². The molecule has 2 aromatic rings. The molecule has 1 aromatic heterocycles. The van der Waals surface area contributed by atoms with E-state index < -0.39 is 0 Å². The first-order chi connectivity index (χ1) is 14.6. The molecule has 0 radical (unpaired) electrons. The lowest BCUT2D eigenvalue weighted by Gasteiger charge is -2.34. The van der Waals surface area contributed by atoms with Crippen LogP contribution in [-0.4, -0.2) is 24.0 Å². The van der Waals surface area contributed by atoms with E-state index in [1.165, 1.54) is 25.0 Å². The Hall–Kier alpha value is -2.94. The van der Waals surface area contributed by atoms with Crippen molar-refractivity contribution in [3.05, 3.63) is 59.5 Å². The molecule has 1 aromatic carbocycles. The molecule has 4 rings (SSSR count). The van der Waals surface area contributed by atoms with Gasteiger partial charge in [-0.25, -0.2) is 9.37 Å². The fourth-order valence-electron chi connectivity index (χ4n) is 4.72. The van der Waals surface area contributed by atoms with Crippen LogP contribution in [0, 0.1) is 29.0 Å². The maximum atomic E-state index is 13.4. The number of carbonyl (C=O) groups excluding carboxylic acids is 1. The molecule has 1 aliphatic heterocycles. The molecule has 1 N–H and O–H groups in total. The third-order valence-corrected chi connectivity index (χ3v) is 6.46. The summed E-state index contributed by atoms with van der Waals surface area (Å²) in [5, 5.41) is 12.2. The van der Waals surface area contributed by atoms with Crippen molar-refractivity contribution in [3.63, 3.8) is 0 Å². The van der Waals surface area contributed by atoms with Gasteiger partial charge in [-0.15, -0.1) is 0 Å². The molecule has 2 aliphatic rings. The number of hydrogen-bond acceptors (Lipinski definition) is 4. The number of piperidine rings is 1. The third-order valence-electron chi connectivity index (χ3n) is 6.46. The van der Waals surface area contributed by atoms with Gasteiger partial charge in [0.1, 0.15) is 17.7 Å². The van der Waals surface area contributed by atoms with Crippen molar-refractivity contribution in [1.82, 2.24) is 10.3 Å². The quantitative estimate of drug-likeness (QED) is 0.801. The molecule has 2 heterocycles. The number of rotatable bonds is 5. The number of pyridine rings is 1. The lowest BCUT2D eigenvalue weighted by Crippen LogP contribution is -2.43. The molecule has 2 fully saturated rings. The maximum Gasteiger partial charge on any atom is 0.223 e. The predicted molar refractivity (Wildman–Crippen MR) is 113 cm³/mol. The van der Waals surface area contributed by atoms with E-state index in [-0.39, 0.29) is 23.7 Å². The summed E-state index contributed by atoms with van der Waals surface area (Å²) >= 11 is 0. The summed E-state index contributed by atoms with van der Waals surface area (Å²) in [4.78, 5) is 19.6. The van der Waals surface area contributed by atoms with Gasteiger partial charge >= 0.3 is 0 Å². The van der Waals surface area contributed by atoms with E-state index in [1.807, 2.05) is 6.07 Å². The number of amides is 1. The molecule has 5 nitrogen and oxygen atoms in total. The van der Waals surface area contributed by atoms with E-state index in [1.54, 1.807) is 24.4 Å². The molecular formula is C24H27FN4O. The van der Waals surface area contributed by atoms with Crippen molar-refractivity contribution in [3.8, 4) is 6.07 Å². The first-order valence-electron chi connectivity index (χ1n) is 10.8. The van der Waals surface area contributed by atoms with Crippen molar-refractivity contribution in [2.75, 3.05) is 18.0 Å². The van der Waals surface area contributed by atoms with Gasteiger partial charge in [0.25, 0.3) is 0 Å². The first kappa shape index (κ1) is 20.3. The van der Waals surface area contributed by atoms with Gasteiger partial charge in [-0.1, -0.05) is 25.0 Å². The van der Waals surface area contributed by atoms with Gasteiger partial charge in [0, 0.05) is 25.2 Å². The van der Waals surface area contributed by atoms with E-state index >= 15 is 0 Å². The van der Waals surface area contributed by atoms with Crippen LogP contribution in [0.25, 0.3) is 0 Å². The second-order valence-corrected chi connectivity index (χ2v) is 8.36. The van der Waals surface area contributed by atoms with Crippen LogP contribution in [0.3, 0.4) is 0 Å². The van der Waals surface area contributed by atoms with Gasteiger partial charge < -0.3 is 10.2 Å². The summed E-state index contributed by atoms with van der Waals surface area (Å²) in [7, 11) is 0. The molecule has 30 heavy (non-hydrogen) atoms. The Labute approximate surface area is 176 Å². The summed E-state index contributed by atoms with van der Waals surface area (Å²) in [5.74, 6) is 1.09. The highest BCUT2D eigenvalue weighted by Gasteiger charge is 2.31. The number of hydrogen-bond donors (Lipinski definition) is 1. The molecule has 156 valence electrons. The lowest BCUT2D eigenvalue weighted by atomic mass is 9.89.